The standard InChI is InChI=1S/C23H24N8O5/c32-19(11-14-5-2-1-3-6-14)26-16(8-9-20(33)34)23(36)31-17(12-15-7-4-10-24-21(15)31)22(35)25-13-18-27-29-30-28-18/h1-7,10,16-17H,8-9,11-13H2,(H,25,35)(H,26,32)(H,33,34)(H,27,28,29,30). The Kier molecular flexibility index (Phi) is 7.58. The average Bonchev–Trinajstić information content (AvgIpc) is 3.53. The number of carboxylic acids is 1. The lowest BCUT2D eigenvalue weighted by molar-refractivity contribution is -0.138. The van der Waals surface area contributed by atoms with Crippen molar-refractivity contribution in [3.05, 3.63) is 65.6 Å². The Bertz CT molecular complexity index is 1230. The molecule has 2 aromatic heterocycles. The van der Waals surface area contributed by atoms with Crippen LogP contribution in [-0.4, -0.2) is 66.5 Å². The van der Waals surface area contributed by atoms with Crippen LogP contribution >= 0.6 is 0 Å². The van der Waals surface area contributed by atoms with Crippen molar-refractivity contribution in [2.45, 2.75) is 44.3 Å². The van der Waals surface area contributed by atoms with Crippen LogP contribution in [0.3, 0.4) is 0 Å². The van der Waals surface area contributed by atoms with Gasteiger partial charge in [0, 0.05) is 19.0 Å². The fraction of sp³-hybridized carbons (Fsp3) is 0.304. The molecule has 186 valence electrons. The summed E-state index contributed by atoms with van der Waals surface area (Å²) in [5.41, 5.74) is 1.42. The minimum atomic E-state index is -1.17. The van der Waals surface area contributed by atoms with Crippen molar-refractivity contribution in [3.8, 4) is 0 Å². The van der Waals surface area contributed by atoms with E-state index in [1.54, 1.807) is 36.4 Å². The van der Waals surface area contributed by atoms with Gasteiger partial charge < -0.3 is 15.7 Å². The molecule has 0 saturated carbocycles. The SMILES string of the molecule is O=C(O)CCC(NC(=O)Cc1ccccc1)C(=O)N1c2ncccc2CC1C(=O)NCc1nn[nH]n1. The second kappa shape index (κ2) is 11.2. The highest BCUT2D eigenvalue weighted by molar-refractivity contribution is 6.06. The fourth-order valence-electron chi connectivity index (χ4n) is 3.98. The largest absolute Gasteiger partial charge is 0.481 e. The molecule has 3 amide bonds. The Morgan fingerprint density at radius 2 is 1.94 bits per heavy atom. The number of nitrogens with zero attached hydrogens (tertiary/aromatic N) is 5. The summed E-state index contributed by atoms with van der Waals surface area (Å²) in [4.78, 5) is 56.3. The molecule has 4 rings (SSSR count). The molecule has 2 unspecified atom stereocenters. The predicted molar refractivity (Wildman–Crippen MR) is 124 cm³/mol. The molecule has 0 spiro atoms. The number of hydrogen-bond acceptors (Lipinski definition) is 8. The number of amides is 3. The minimum absolute atomic E-state index is 0.00606. The molecule has 2 atom stereocenters. The molecular weight excluding hydrogens is 468 g/mol. The number of aromatic nitrogens is 5. The minimum Gasteiger partial charge on any atom is -0.481 e. The van der Waals surface area contributed by atoms with Crippen molar-refractivity contribution in [2.24, 2.45) is 0 Å². The number of aliphatic carboxylic acids is 1. The van der Waals surface area contributed by atoms with Crippen molar-refractivity contribution < 1.29 is 24.3 Å². The highest BCUT2D eigenvalue weighted by Gasteiger charge is 2.42. The number of anilines is 1. The van der Waals surface area contributed by atoms with E-state index in [-0.39, 0.29) is 38.1 Å². The van der Waals surface area contributed by atoms with Gasteiger partial charge in [0.2, 0.25) is 11.8 Å². The number of rotatable bonds is 10. The first-order valence-electron chi connectivity index (χ1n) is 11.2. The van der Waals surface area contributed by atoms with Crippen LogP contribution in [0, 0.1) is 0 Å². The van der Waals surface area contributed by atoms with E-state index in [2.05, 4.69) is 36.2 Å². The van der Waals surface area contributed by atoms with Crippen molar-refractivity contribution in [3.63, 3.8) is 0 Å². The lowest BCUT2D eigenvalue weighted by atomic mass is 10.1. The van der Waals surface area contributed by atoms with Crippen molar-refractivity contribution in [1.29, 1.82) is 0 Å². The van der Waals surface area contributed by atoms with Gasteiger partial charge in [-0.15, -0.1) is 10.2 Å². The van der Waals surface area contributed by atoms with Crippen LogP contribution in [0.2, 0.25) is 0 Å². The number of hydrogen-bond donors (Lipinski definition) is 4. The van der Waals surface area contributed by atoms with Crippen LogP contribution in [-0.2, 0) is 38.6 Å². The van der Waals surface area contributed by atoms with Crippen molar-refractivity contribution in [2.75, 3.05) is 4.90 Å². The van der Waals surface area contributed by atoms with Crippen LogP contribution < -0.4 is 15.5 Å². The Labute approximate surface area is 205 Å². The summed E-state index contributed by atoms with van der Waals surface area (Å²) in [6.07, 6.45) is 1.22. The molecule has 0 radical (unpaired) electrons. The summed E-state index contributed by atoms with van der Waals surface area (Å²) < 4.78 is 0. The first kappa shape index (κ1) is 24.4. The smallest absolute Gasteiger partial charge is 0.303 e. The Morgan fingerprint density at radius 1 is 1.14 bits per heavy atom. The van der Waals surface area contributed by atoms with Gasteiger partial charge in [-0.3, -0.25) is 24.1 Å². The molecule has 3 aromatic rings. The quantitative estimate of drug-likeness (QED) is 0.297. The normalized spacial score (nSPS) is 15.1. The highest BCUT2D eigenvalue weighted by atomic mass is 16.4. The van der Waals surface area contributed by atoms with Gasteiger partial charge in [0.1, 0.15) is 17.9 Å². The molecule has 13 heteroatoms. The number of carbonyl (C=O) groups excluding carboxylic acids is 3. The third-order valence-corrected chi connectivity index (χ3v) is 5.66. The number of aromatic amines is 1. The molecule has 1 aromatic carbocycles. The lowest BCUT2D eigenvalue weighted by Crippen LogP contribution is -2.55. The number of nitrogens with one attached hydrogen (secondary N) is 3. The molecule has 4 N–H and O–H groups in total. The number of H-pyrrole nitrogens is 1. The molecule has 0 aliphatic carbocycles. The van der Waals surface area contributed by atoms with Gasteiger partial charge in [0.15, 0.2) is 5.82 Å². The van der Waals surface area contributed by atoms with E-state index in [9.17, 15) is 24.3 Å². The molecule has 13 nitrogen and oxygen atoms in total. The van der Waals surface area contributed by atoms with E-state index in [1.165, 1.54) is 11.1 Å². The van der Waals surface area contributed by atoms with Crippen LogP contribution in [0.4, 0.5) is 5.82 Å². The van der Waals surface area contributed by atoms with Gasteiger partial charge in [-0.25, -0.2) is 4.98 Å². The molecular formula is C23H24N8O5. The summed E-state index contributed by atoms with van der Waals surface area (Å²) in [5.74, 6) is -2.08. The molecule has 0 fully saturated rings. The van der Waals surface area contributed by atoms with Crippen LogP contribution in [0.25, 0.3) is 0 Å². The molecule has 0 bridgehead atoms. The summed E-state index contributed by atoms with van der Waals surface area (Å²) >= 11 is 0. The number of benzene rings is 1. The second-order valence-corrected chi connectivity index (χ2v) is 8.18. The molecule has 0 saturated heterocycles. The van der Waals surface area contributed by atoms with Crippen molar-refractivity contribution in [1.82, 2.24) is 36.2 Å². The van der Waals surface area contributed by atoms with E-state index in [0.717, 1.165) is 5.56 Å². The lowest BCUT2D eigenvalue weighted by Gasteiger charge is -2.28. The maximum absolute atomic E-state index is 13.7. The van der Waals surface area contributed by atoms with Gasteiger partial charge in [-0.2, -0.15) is 5.21 Å². The number of tetrazole rings is 1. The van der Waals surface area contributed by atoms with Gasteiger partial charge in [0.25, 0.3) is 5.91 Å². The molecule has 36 heavy (non-hydrogen) atoms. The zero-order chi connectivity index (χ0) is 25.5. The van der Waals surface area contributed by atoms with Crippen molar-refractivity contribution >= 4 is 29.5 Å². The van der Waals surface area contributed by atoms with Crippen LogP contribution in [0.15, 0.2) is 48.7 Å². The summed E-state index contributed by atoms with van der Waals surface area (Å²) in [5, 5.41) is 27.8. The van der Waals surface area contributed by atoms with E-state index in [1.807, 2.05) is 6.07 Å². The topological polar surface area (TPSA) is 183 Å². The molecule has 1 aliphatic rings. The maximum Gasteiger partial charge on any atom is 0.303 e. The van der Waals surface area contributed by atoms with E-state index < -0.39 is 35.8 Å². The van der Waals surface area contributed by atoms with Gasteiger partial charge >= 0.3 is 5.97 Å². The predicted octanol–water partition coefficient (Wildman–Crippen LogP) is -0.239. The Balaban J connectivity index is 1.55. The van der Waals surface area contributed by atoms with Crippen LogP contribution in [0.5, 0.6) is 0 Å². The summed E-state index contributed by atoms with van der Waals surface area (Å²) in [6.45, 7) is -0.00606. The third-order valence-electron chi connectivity index (χ3n) is 5.66. The Hall–Kier alpha value is -4.68. The van der Waals surface area contributed by atoms with E-state index >= 15 is 0 Å². The van der Waals surface area contributed by atoms with Crippen LogP contribution in [0.1, 0.15) is 29.8 Å². The van der Waals surface area contributed by atoms with Gasteiger partial charge in [0.05, 0.1) is 13.0 Å². The van der Waals surface area contributed by atoms with Gasteiger partial charge in [-0.1, -0.05) is 41.6 Å². The third kappa shape index (κ3) is 5.87. The second-order valence-electron chi connectivity index (χ2n) is 8.18. The zero-order valence-electron chi connectivity index (χ0n) is 19.1. The molecule has 3 heterocycles. The monoisotopic (exact) mass is 492 g/mol. The highest BCUT2D eigenvalue weighted by Crippen LogP contribution is 2.31. The maximum atomic E-state index is 13.7. The molecule has 1 aliphatic heterocycles. The van der Waals surface area contributed by atoms with Gasteiger partial charge in [-0.05, 0) is 23.6 Å². The number of carboxylic acid groups (broad SMARTS) is 1. The first-order chi connectivity index (χ1) is 17.4. The van der Waals surface area contributed by atoms with E-state index in [0.29, 0.717) is 11.4 Å². The Morgan fingerprint density at radius 3 is 2.67 bits per heavy atom. The first-order valence-corrected chi connectivity index (χ1v) is 11.2. The number of carbonyl (C=O) groups is 4. The summed E-state index contributed by atoms with van der Waals surface area (Å²) in [6, 6.07) is 10.3. The zero-order valence-corrected chi connectivity index (χ0v) is 19.1. The number of fused-ring (bicyclic) bond motifs is 1. The fourth-order valence-corrected chi connectivity index (χ4v) is 3.98. The summed E-state index contributed by atoms with van der Waals surface area (Å²) in [7, 11) is 0. The number of pyridine rings is 1. The average molecular weight is 492 g/mol. The van der Waals surface area contributed by atoms with E-state index in [4.69, 9.17) is 0 Å².